The van der Waals surface area contributed by atoms with Crippen LogP contribution < -0.4 is 15.4 Å². The lowest BCUT2D eigenvalue weighted by Crippen LogP contribution is -2.34. The van der Waals surface area contributed by atoms with Gasteiger partial charge in [-0.05, 0) is 55.7 Å². The molecule has 0 fully saturated rings. The number of carbonyl (C=O) groups is 2. The number of nitrogens with one attached hydrogen (secondary N) is 2. The second-order valence-electron chi connectivity index (χ2n) is 6.05. The highest BCUT2D eigenvalue weighted by Crippen LogP contribution is 2.30. The molecule has 0 bridgehead atoms. The highest BCUT2D eigenvalue weighted by atomic mass is 16.5. The Morgan fingerprint density at radius 1 is 1.25 bits per heavy atom. The van der Waals surface area contributed by atoms with Crippen LogP contribution in [0.4, 0.5) is 11.4 Å². The number of ether oxygens (including phenoxy) is 1. The normalized spacial score (nSPS) is 16.0. The van der Waals surface area contributed by atoms with Gasteiger partial charge in [0.15, 0.2) is 6.10 Å². The summed E-state index contributed by atoms with van der Waals surface area (Å²) in [6.45, 7) is 5.69. The van der Waals surface area contributed by atoms with E-state index >= 15 is 0 Å². The van der Waals surface area contributed by atoms with Crippen molar-refractivity contribution in [1.82, 2.24) is 0 Å². The van der Waals surface area contributed by atoms with E-state index in [9.17, 15) is 9.59 Å². The van der Waals surface area contributed by atoms with Crippen LogP contribution in [0.3, 0.4) is 0 Å². The zero-order valence-electron chi connectivity index (χ0n) is 14.0. The SMILES string of the molecule is Cc1cccc(NC(=O)Cc2ccc3c(c2)NC(=O)C(C)O3)c1C. The molecule has 0 radical (unpaired) electrons. The molecule has 1 aliphatic heterocycles. The van der Waals surface area contributed by atoms with Crippen molar-refractivity contribution in [3.8, 4) is 5.75 Å². The van der Waals surface area contributed by atoms with Crippen molar-refractivity contribution in [1.29, 1.82) is 0 Å². The van der Waals surface area contributed by atoms with Gasteiger partial charge in [0, 0.05) is 5.69 Å². The lowest BCUT2D eigenvalue weighted by molar-refractivity contribution is -0.122. The first-order valence-electron chi connectivity index (χ1n) is 7.90. The van der Waals surface area contributed by atoms with Crippen LogP contribution in [0.2, 0.25) is 0 Å². The summed E-state index contributed by atoms with van der Waals surface area (Å²) in [4.78, 5) is 24.0. The molecule has 3 rings (SSSR count). The van der Waals surface area contributed by atoms with Crippen molar-refractivity contribution in [2.75, 3.05) is 10.6 Å². The van der Waals surface area contributed by atoms with E-state index in [-0.39, 0.29) is 18.2 Å². The topological polar surface area (TPSA) is 67.4 Å². The van der Waals surface area contributed by atoms with Crippen molar-refractivity contribution in [3.05, 3.63) is 53.1 Å². The summed E-state index contributed by atoms with van der Waals surface area (Å²) in [5.74, 6) is 0.348. The van der Waals surface area contributed by atoms with Gasteiger partial charge >= 0.3 is 0 Å². The van der Waals surface area contributed by atoms with Crippen LogP contribution in [0.1, 0.15) is 23.6 Å². The molecular weight excluding hydrogens is 304 g/mol. The van der Waals surface area contributed by atoms with Crippen LogP contribution >= 0.6 is 0 Å². The van der Waals surface area contributed by atoms with E-state index in [2.05, 4.69) is 10.6 Å². The number of aryl methyl sites for hydroxylation is 1. The molecule has 5 heteroatoms. The molecule has 24 heavy (non-hydrogen) atoms. The minimum atomic E-state index is -0.504. The molecule has 0 saturated heterocycles. The van der Waals surface area contributed by atoms with Crippen LogP contribution in [-0.2, 0) is 16.0 Å². The standard InChI is InChI=1S/C19H20N2O3/c1-11-5-4-6-15(12(11)2)20-18(22)10-14-7-8-17-16(9-14)21-19(23)13(3)24-17/h4-9,13H,10H2,1-3H3,(H,20,22)(H,21,23). The maximum atomic E-state index is 12.3. The van der Waals surface area contributed by atoms with Crippen LogP contribution in [0, 0.1) is 13.8 Å². The Morgan fingerprint density at radius 3 is 2.83 bits per heavy atom. The highest BCUT2D eigenvalue weighted by Gasteiger charge is 2.23. The highest BCUT2D eigenvalue weighted by molar-refractivity contribution is 5.98. The molecule has 5 nitrogen and oxygen atoms in total. The molecule has 124 valence electrons. The van der Waals surface area contributed by atoms with Gasteiger partial charge in [-0.25, -0.2) is 0 Å². The van der Waals surface area contributed by atoms with Crippen molar-refractivity contribution >= 4 is 23.2 Å². The number of hydrogen-bond donors (Lipinski definition) is 2. The molecule has 0 aliphatic carbocycles. The third kappa shape index (κ3) is 3.25. The molecule has 2 N–H and O–H groups in total. The Kier molecular flexibility index (Phi) is 4.25. The first kappa shape index (κ1) is 16.1. The molecule has 1 aliphatic rings. The predicted octanol–water partition coefficient (Wildman–Crippen LogP) is 3.20. The van der Waals surface area contributed by atoms with Gasteiger partial charge < -0.3 is 15.4 Å². The summed E-state index contributed by atoms with van der Waals surface area (Å²) in [5, 5.41) is 5.73. The van der Waals surface area contributed by atoms with Gasteiger partial charge in [-0.2, -0.15) is 0 Å². The maximum absolute atomic E-state index is 12.3. The van der Waals surface area contributed by atoms with Gasteiger partial charge in [-0.1, -0.05) is 18.2 Å². The molecule has 2 amide bonds. The molecule has 1 heterocycles. The largest absolute Gasteiger partial charge is 0.479 e. The molecule has 0 aromatic heterocycles. The summed E-state index contributed by atoms with van der Waals surface area (Å²) in [6, 6.07) is 11.2. The van der Waals surface area contributed by atoms with Gasteiger partial charge in [0.2, 0.25) is 5.91 Å². The van der Waals surface area contributed by atoms with Gasteiger partial charge in [-0.3, -0.25) is 9.59 Å². The average molecular weight is 324 g/mol. The predicted molar refractivity (Wildman–Crippen MR) is 93.4 cm³/mol. The number of benzene rings is 2. The maximum Gasteiger partial charge on any atom is 0.265 e. The van der Waals surface area contributed by atoms with E-state index in [0.29, 0.717) is 11.4 Å². The lowest BCUT2D eigenvalue weighted by Gasteiger charge is -2.23. The zero-order valence-corrected chi connectivity index (χ0v) is 14.0. The van der Waals surface area contributed by atoms with Crippen LogP contribution in [0.25, 0.3) is 0 Å². The quantitative estimate of drug-likeness (QED) is 0.911. The van der Waals surface area contributed by atoms with E-state index in [1.807, 2.05) is 38.1 Å². The summed E-state index contributed by atoms with van der Waals surface area (Å²) < 4.78 is 5.52. The Morgan fingerprint density at radius 2 is 2.04 bits per heavy atom. The molecular formula is C19H20N2O3. The summed E-state index contributed by atoms with van der Waals surface area (Å²) in [7, 11) is 0. The Labute approximate surface area is 141 Å². The van der Waals surface area contributed by atoms with E-state index in [1.54, 1.807) is 19.1 Å². The minimum absolute atomic E-state index is 0.0972. The monoisotopic (exact) mass is 324 g/mol. The van der Waals surface area contributed by atoms with Crippen molar-refractivity contribution in [2.45, 2.75) is 33.3 Å². The molecule has 2 aromatic rings. The van der Waals surface area contributed by atoms with Gasteiger partial charge in [-0.15, -0.1) is 0 Å². The second kappa shape index (κ2) is 6.35. The number of rotatable bonds is 3. The fourth-order valence-corrected chi connectivity index (χ4v) is 2.63. The second-order valence-corrected chi connectivity index (χ2v) is 6.05. The number of carbonyl (C=O) groups excluding carboxylic acids is 2. The van der Waals surface area contributed by atoms with Gasteiger partial charge in [0.25, 0.3) is 5.91 Å². The van der Waals surface area contributed by atoms with Crippen molar-refractivity contribution in [2.24, 2.45) is 0 Å². The zero-order chi connectivity index (χ0) is 17.3. The van der Waals surface area contributed by atoms with Crippen LogP contribution in [-0.4, -0.2) is 17.9 Å². The van der Waals surface area contributed by atoms with Crippen LogP contribution in [0.15, 0.2) is 36.4 Å². The fraction of sp³-hybridized carbons (Fsp3) is 0.263. The Bertz CT molecular complexity index is 814. The summed E-state index contributed by atoms with van der Waals surface area (Å²) in [5.41, 5.74) is 4.44. The fourth-order valence-electron chi connectivity index (χ4n) is 2.63. The van der Waals surface area contributed by atoms with Gasteiger partial charge in [0.1, 0.15) is 5.75 Å². The molecule has 2 aromatic carbocycles. The Hall–Kier alpha value is -2.82. The van der Waals surface area contributed by atoms with E-state index in [4.69, 9.17) is 4.74 Å². The first-order valence-corrected chi connectivity index (χ1v) is 7.90. The third-order valence-electron chi connectivity index (χ3n) is 4.22. The van der Waals surface area contributed by atoms with E-state index in [1.165, 1.54) is 0 Å². The minimum Gasteiger partial charge on any atom is -0.479 e. The number of amides is 2. The van der Waals surface area contributed by atoms with Gasteiger partial charge in [0.05, 0.1) is 12.1 Å². The number of fused-ring (bicyclic) bond motifs is 1. The summed E-state index contributed by atoms with van der Waals surface area (Å²) >= 11 is 0. The van der Waals surface area contributed by atoms with Crippen molar-refractivity contribution in [3.63, 3.8) is 0 Å². The number of hydrogen-bond acceptors (Lipinski definition) is 3. The first-order chi connectivity index (χ1) is 11.4. The summed E-state index contributed by atoms with van der Waals surface area (Å²) in [6.07, 6.45) is -0.275. The Balaban J connectivity index is 1.72. The van der Waals surface area contributed by atoms with E-state index < -0.39 is 6.10 Å². The third-order valence-corrected chi connectivity index (χ3v) is 4.22. The number of anilines is 2. The lowest BCUT2D eigenvalue weighted by atomic mass is 10.1. The average Bonchev–Trinajstić information content (AvgIpc) is 2.53. The molecule has 1 atom stereocenters. The molecule has 1 unspecified atom stereocenters. The molecule has 0 saturated carbocycles. The van der Waals surface area contributed by atoms with Crippen LogP contribution in [0.5, 0.6) is 5.75 Å². The smallest absolute Gasteiger partial charge is 0.265 e. The van der Waals surface area contributed by atoms with E-state index in [0.717, 1.165) is 22.4 Å². The van der Waals surface area contributed by atoms with Crippen molar-refractivity contribution < 1.29 is 14.3 Å². The molecule has 0 spiro atoms.